The minimum atomic E-state index is -0.762. The average Bonchev–Trinajstić information content (AvgIpc) is 3.72. The Labute approximate surface area is 218 Å². The van der Waals surface area contributed by atoms with E-state index < -0.39 is 6.10 Å². The molecule has 0 aliphatic heterocycles. The molecule has 0 bridgehead atoms. The van der Waals surface area contributed by atoms with Crippen molar-refractivity contribution in [3.05, 3.63) is 65.9 Å². The number of hydrogen-bond acceptors (Lipinski definition) is 7. The zero-order valence-corrected chi connectivity index (χ0v) is 21.9. The van der Waals surface area contributed by atoms with E-state index in [0.717, 1.165) is 48.4 Å². The third-order valence-corrected chi connectivity index (χ3v) is 6.39. The first-order valence-corrected chi connectivity index (χ1v) is 13.1. The summed E-state index contributed by atoms with van der Waals surface area (Å²) >= 11 is 0. The van der Waals surface area contributed by atoms with Crippen LogP contribution in [0.25, 0.3) is 5.69 Å². The van der Waals surface area contributed by atoms with Crippen molar-refractivity contribution in [1.82, 2.24) is 14.7 Å². The van der Waals surface area contributed by atoms with Crippen molar-refractivity contribution in [1.29, 1.82) is 0 Å². The van der Waals surface area contributed by atoms with Crippen molar-refractivity contribution in [2.24, 2.45) is 0 Å². The predicted octanol–water partition coefficient (Wildman–Crippen LogP) is 4.90. The smallest absolute Gasteiger partial charge is 0.305 e. The topological polar surface area (TPSA) is 86.1 Å². The maximum Gasteiger partial charge on any atom is 0.305 e. The lowest BCUT2D eigenvalue weighted by Crippen LogP contribution is -2.36. The van der Waals surface area contributed by atoms with E-state index >= 15 is 0 Å². The fourth-order valence-corrected chi connectivity index (χ4v) is 4.30. The number of carbonyl (C=O) groups excluding carboxylic acids is 1. The molecular weight excluding hydrogens is 470 g/mol. The third kappa shape index (κ3) is 7.11. The molecule has 198 valence electrons. The lowest BCUT2D eigenvalue weighted by atomic mass is 10.1. The molecule has 0 saturated heterocycles. The van der Waals surface area contributed by atoms with E-state index in [9.17, 15) is 9.90 Å². The largest absolute Gasteiger partial charge is 0.497 e. The number of benzene rings is 2. The molecule has 8 nitrogen and oxygen atoms in total. The van der Waals surface area contributed by atoms with Gasteiger partial charge in [0.2, 0.25) is 5.88 Å². The Morgan fingerprint density at radius 2 is 1.81 bits per heavy atom. The van der Waals surface area contributed by atoms with Gasteiger partial charge in [-0.1, -0.05) is 32.0 Å². The van der Waals surface area contributed by atoms with Crippen LogP contribution in [0.3, 0.4) is 0 Å². The molecule has 1 heterocycles. The summed E-state index contributed by atoms with van der Waals surface area (Å²) in [4.78, 5) is 14.0. The maximum atomic E-state index is 11.8. The van der Waals surface area contributed by atoms with Gasteiger partial charge in [0.1, 0.15) is 24.2 Å². The summed E-state index contributed by atoms with van der Waals surface area (Å²) in [5, 5.41) is 15.6. The molecule has 1 aliphatic rings. The molecule has 37 heavy (non-hydrogen) atoms. The highest BCUT2D eigenvalue weighted by molar-refractivity contribution is 5.69. The third-order valence-electron chi connectivity index (χ3n) is 6.39. The Morgan fingerprint density at radius 3 is 2.43 bits per heavy atom. The maximum absolute atomic E-state index is 11.8. The van der Waals surface area contributed by atoms with E-state index in [4.69, 9.17) is 19.3 Å². The van der Waals surface area contributed by atoms with Crippen LogP contribution < -0.4 is 9.47 Å². The van der Waals surface area contributed by atoms with E-state index in [0.29, 0.717) is 37.2 Å². The summed E-state index contributed by atoms with van der Waals surface area (Å²) in [7, 11) is 1.64. The molecule has 4 rings (SSSR count). The number of aryl methyl sites for hydroxylation is 1. The summed E-state index contributed by atoms with van der Waals surface area (Å²) in [5.74, 6) is 1.82. The lowest BCUT2D eigenvalue weighted by molar-refractivity contribution is -0.147. The first kappa shape index (κ1) is 26.7. The number of aliphatic hydroxyl groups is 1. The molecule has 1 atom stereocenters. The van der Waals surface area contributed by atoms with Crippen LogP contribution in [-0.4, -0.2) is 58.2 Å². The molecule has 3 aromatic rings. The van der Waals surface area contributed by atoms with Crippen molar-refractivity contribution in [3.63, 3.8) is 0 Å². The van der Waals surface area contributed by atoms with Crippen LogP contribution in [0.4, 0.5) is 0 Å². The van der Waals surface area contributed by atoms with E-state index in [1.54, 1.807) is 7.11 Å². The molecule has 0 radical (unpaired) electrons. The van der Waals surface area contributed by atoms with Crippen LogP contribution in [0.5, 0.6) is 17.4 Å². The number of methoxy groups -OCH3 is 1. The zero-order valence-electron chi connectivity index (χ0n) is 21.9. The number of rotatable bonds is 14. The van der Waals surface area contributed by atoms with Crippen LogP contribution in [0.1, 0.15) is 50.8 Å². The summed E-state index contributed by atoms with van der Waals surface area (Å²) in [6.45, 7) is 5.00. The van der Waals surface area contributed by atoms with Gasteiger partial charge in [-0.2, -0.15) is 5.10 Å². The SMILES string of the molecule is CCCC(=O)OCC(O)CN(Cc1c(CC)nn(-c2ccccc2)c1Oc1ccc(OC)cc1)C1CC1. The second-order valence-corrected chi connectivity index (χ2v) is 9.36. The average molecular weight is 508 g/mol. The molecule has 2 aromatic carbocycles. The molecule has 8 heteroatoms. The Hall–Kier alpha value is -3.36. The second kappa shape index (κ2) is 12.7. The number of hydrogen-bond donors (Lipinski definition) is 1. The van der Waals surface area contributed by atoms with E-state index in [-0.39, 0.29) is 12.6 Å². The number of nitrogens with zero attached hydrogens (tertiary/aromatic N) is 3. The fourth-order valence-electron chi connectivity index (χ4n) is 4.30. The van der Waals surface area contributed by atoms with Gasteiger partial charge in [-0.25, -0.2) is 4.68 Å². The summed E-state index contributed by atoms with van der Waals surface area (Å²) < 4.78 is 18.9. The number of esters is 1. The van der Waals surface area contributed by atoms with Crippen molar-refractivity contribution in [2.45, 2.75) is 64.6 Å². The Kier molecular flexibility index (Phi) is 9.19. The van der Waals surface area contributed by atoms with Crippen LogP contribution in [-0.2, 0) is 22.5 Å². The molecular formula is C29H37N3O5. The lowest BCUT2D eigenvalue weighted by Gasteiger charge is -2.25. The zero-order chi connectivity index (χ0) is 26.2. The first-order valence-electron chi connectivity index (χ1n) is 13.1. The van der Waals surface area contributed by atoms with Crippen molar-refractivity contribution in [2.75, 3.05) is 20.3 Å². The van der Waals surface area contributed by atoms with Crippen molar-refractivity contribution in [3.8, 4) is 23.1 Å². The summed E-state index contributed by atoms with van der Waals surface area (Å²) in [6, 6.07) is 17.8. The van der Waals surface area contributed by atoms with Gasteiger partial charge in [0.05, 0.1) is 24.1 Å². The van der Waals surface area contributed by atoms with Crippen LogP contribution in [0.15, 0.2) is 54.6 Å². The van der Waals surface area contributed by atoms with Gasteiger partial charge in [-0.05, 0) is 62.1 Å². The summed E-state index contributed by atoms with van der Waals surface area (Å²) in [6.07, 6.45) is 3.22. The van der Waals surface area contributed by atoms with Crippen LogP contribution in [0, 0.1) is 0 Å². The minimum Gasteiger partial charge on any atom is -0.497 e. The first-order chi connectivity index (χ1) is 18.0. The van der Waals surface area contributed by atoms with Crippen molar-refractivity contribution < 1.29 is 24.1 Å². The Bertz CT molecular complexity index is 1140. The van der Waals surface area contributed by atoms with Gasteiger partial charge >= 0.3 is 5.97 Å². The normalized spacial score (nSPS) is 14.0. The second-order valence-electron chi connectivity index (χ2n) is 9.36. The quantitative estimate of drug-likeness (QED) is 0.311. The monoisotopic (exact) mass is 507 g/mol. The number of carbonyl (C=O) groups is 1. The fraction of sp³-hybridized carbons (Fsp3) is 0.448. The van der Waals surface area contributed by atoms with E-state index in [2.05, 4.69) is 11.8 Å². The van der Waals surface area contributed by atoms with Gasteiger partial charge in [0, 0.05) is 25.6 Å². The van der Waals surface area contributed by atoms with E-state index in [1.807, 2.05) is 66.2 Å². The van der Waals surface area contributed by atoms with Crippen molar-refractivity contribution >= 4 is 5.97 Å². The van der Waals surface area contributed by atoms with E-state index in [1.165, 1.54) is 0 Å². The van der Waals surface area contributed by atoms with Gasteiger partial charge in [-0.3, -0.25) is 9.69 Å². The molecule has 1 unspecified atom stereocenters. The van der Waals surface area contributed by atoms with Gasteiger partial charge in [-0.15, -0.1) is 0 Å². The standard InChI is InChI=1S/C29H37N3O5/c1-4-9-28(34)36-20-23(33)18-31(21-12-13-21)19-26-27(5-2)30-32(22-10-7-6-8-11-22)29(26)37-25-16-14-24(35-3)15-17-25/h6-8,10-11,14-17,21,23,33H,4-5,9,12-13,18-20H2,1-3H3. The molecule has 1 aromatic heterocycles. The number of aromatic nitrogens is 2. The Balaban J connectivity index is 1.61. The molecule has 1 fully saturated rings. The highest BCUT2D eigenvalue weighted by atomic mass is 16.5. The number of aliphatic hydroxyl groups excluding tert-OH is 1. The van der Waals surface area contributed by atoms with Gasteiger partial charge in [0.15, 0.2) is 0 Å². The Morgan fingerprint density at radius 1 is 1.11 bits per heavy atom. The van der Waals surface area contributed by atoms with Gasteiger partial charge < -0.3 is 19.3 Å². The predicted molar refractivity (Wildman–Crippen MR) is 141 cm³/mol. The minimum absolute atomic E-state index is 0.00116. The van der Waals surface area contributed by atoms with Crippen LogP contribution >= 0.6 is 0 Å². The highest BCUT2D eigenvalue weighted by Crippen LogP contribution is 2.36. The summed E-state index contributed by atoms with van der Waals surface area (Å²) in [5.41, 5.74) is 2.85. The number of ether oxygens (including phenoxy) is 3. The molecule has 0 amide bonds. The van der Waals surface area contributed by atoms with Gasteiger partial charge in [0.25, 0.3) is 0 Å². The van der Waals surface area contributed by atoms with Crippen LogP contribution in [0.2, 0.25) is 0 Å². The highest BCUT2D eigenvalue weighted by Gasteiger charge is 2.33. The molecule has 1 N–H and O–H groups in total. The number of para-hydroxylation sites is 1. The molecule has 0 spiro atoms. The molecule has 1 saturated carbocycles. The molecule has 1 aliphatic carbocycles.